The number of hydrogen-bond donors (Lipinski definition) is 2. The van der Waals surface area contributed by atoms with Gasteiger partial charge in [0.25, 0.3) is 0 Å². The lowest BCUT2D eigenvalue weighted by atomic mass is 10.1. The highest BCUT2D eigenvalue weighted by molar-refractivity contribution is 7.88. The van der Waals surface area contributed by atoms with Crippen molar-refractivity contribution >= 4 is 15.9 Å². The molecule has 1 atom stereocenters. The average Bonchev–Trinajstić information content (AvgIpc) is 3.10. The molecule has 0 saturated carbocycles. The van der Waals surface area contributed by atoms with Crippen LogP contribution in [0.2, 0.25) is 0 Å². The summed E-state index contributed by atoms with van der Waals surface area (Å²) in [5, 5.41) is 4.42. The number of hydrogen-bond acceptors (Lipinski definition) is 5. The maximum absolute atomic E-state index is 11.6. The number of rotatable bonds is 6. The molecule has 0 fully saturated rings. The Bertz CT molecular complexity index is 920. The van der Waals surface area contributed by atoms with Crippen LogP contribution in [0.4, 0.5) is 0 Å². The van der Waals surface area contributed by atoms with Crippen molar-refractivity contribution < 1.29 is 13.2 Å². The second-order valence-corrected chi connectivity index (χ2v) is 8.10. The Morgan fingerprint density at radius 1 is 1.40 bits per heavy atom. The van der Waals surface area contributed by atoms with Gasteiger partial charge in [0, 0.05) is 0 Å². The van der Waals surface area contributed by atoms with E-state index in [1.54, 1.807) is 11.6 Å². The Morgan fingerprint density at radius 2 is 2.16 bits per heavy atom. The molecular weight excluding hydrogens is 342 g/mol. The van der Waals surface area contributed by atoms with Crippen LogP contribution in [0.15, 0.2) is 18.2 Å². The fourth-order valence-electron chi connectivity index (χ4n) is 3.23. The second-order valence-electron chi connectivity index (χ2n) is 6.32. The van der Waals surface area contributed by atoms with Gasteiger partial charge in [-0.25, -0.2) is 22.8 Å². The van der Waals surface area contributed by atoms with Crippen LogP contribution in [-0.2, 0) is 34.1 Å². The predicted molar refractivity (Wildman–Crippen MR) is 92.7 cm³/mol. The molecular formula is C16H21N5O3S. The summed E-state index contributed by atoms with van der Waals surface area (Å²) in [4.78, 5) is 15.6. The summed E-state index contributed by atoms with van der Waals surface area (Å²) >= 11 is 0. The van der Waals surface area contributed by atoms with E-state index < -0.39 is 22.0 Å². The van der Waals surface area contributed by atoms with Crippen LogP contribution >= 0.6 is 0 Å². The summed E-state index contributed by atoms with van der Waals surface area (Å²) in [5.74, 6) is 0.174. The van der Waals surface area contributed by atoms with Crippen LogP contribution in [0, 0.1) is 0 Å². The molecule has 0 radical (unpaired) electrons. The molecule has 8 nitrogen and oxygen atoms in total. The number of benzene rings is 1. The minimum atomic E-state index is -3.42. The van der Waals surface area contributed by atoms with Crippen LogP contribution in [-0.4, -0.2) is 35.3 Å². The molecule has 134 valence electrons. The first kappa shape index (κ1) is 17.6. The number of fused-ring (bicyclic) bond motifs is 1. The van der Waals surface area contributed by atoms with Crippen LogP contribution in [0.25, 0.3) is 5.69 Å². The second kappa shape index (κ2) is 6.57. The van der Waals surface area contributed by atoms with Gasteiger partial charge in [0.2, 0.25) is 15.9 Å². The first-order valence-electron chi connectivity index (χ1n) is 8.07. The van der Waals surface area contributed by atoms with Crippen molar-refractivity contribution in [3.8, 4) is 5.69 Å². The maximum Gasteiger partial charge on any atom is 0.225 e. The molecule has 1 amide bonds. The van der Waals surface area contributed by atoms with Crippen molar-refractivity contribution in [3.05, 3.63) is 41.0 Å². The summed E-state index contributed by atoms with van der Waals surface area (Å²) in [5.41, 5.74) is 8.57. The molecule has 0 spiro atoms. The molecule has 1 heterocycles. The summed E-state index contributed by atoms with van der Waals surface area (Å²) in [7, 11) is -3.42. The van der Waals surface area contributed by atoms with Crippen molar-refractivity contribution in [2.75, 3.05) is 6.26 Å². The number of aryl methyl sites for hydroxylation is 1. The Balaban J connectivity index is 2.10. The number of aromatic nitrogens is 3. The SMILES string of the molecule is C[C@H](NS(C)(=O)=O)c1nc(CC(N)=O)nn1-c1cccc2c1CCC2. The van der Waals surface area contributed by atoms with E-state index in [4.69, 9.17) is 5.73 Å². The standard InChI is InChI=1S/C16H21N5O3S/c1-10(20-25(2,23)24)16-18-15(9-14(17)22)19-21(16)13-8-4-6-11-5-3-7-12(11)13/h4,6,8,10,20H,3,5,7,9H2,1-2H3,(H2,17,22)/t10-/m0/s1. The maximum atomic E-state index is 11.6. The number of nitrogens with two attached hydrogens (primary N) is 1. The molecule has 3 rings (SSSR count). The highest BCUT2D eigenvalue weighted by Crippen LogP contribution is 2.29. The van der Waals surface area contributed by atoms with Gasteiger partial charge in [-0.1, -0.05) is 12.1 Å². The smallest absolute Gasteiger partial charge is 0.225 e. The summed E-state index contributed by atoms with van der Waals surface area (Å²) in [6, 6.07) is 5.38. The fourth-order valence-corrected chi connectivity index (χ4v) is 3.98. The highest BCUT2D eigenvalue weighted by atomic mass is 32.2. The quantitative estimate of drug-likeness (QED) is 0.769. The molecule has 9 heteroatoms. The monoisotopic (exact) mass is 363 g/mol. The Morgan fingerprint density at radius 3 is 2.84 bits per heavy atom. The van der Waals surface area contributed by atoms with Gasteiger partial charge in [-0.05, 0) is 43.4 Å². The lowest BCUT2D eigenvalue weighted by Crippen LogP contribution is -2.27. The number of nitrogens with zero attached hydrogens (tertiary/aromatic N) is 3. The van der Waals surface area contributed by atoms with Gasteiger partial charge in [0.05, 0.1) is 24.4 Å². The Kier molecular flexibility index (Phi) is 4.61. The molecule has 0 unspecified atom stereocenters. The van der Waals surface area contributed by atoms with Crippen LogP contribution < -0.4 is 10.5 Å². The number of nitrogens with one attached hydrogen (secondary N) is 1. The number of carbonyl (C=O) groups excluding carboxylic acids is 1. The molecule has 3 N–H and O–H groups in total. The van der Waals surface area contributed by atoms with Gasteiger partial charge in [0.1, 0.15) is 5.82 Å². The van der Waals surface area contributed by atoms with E-state index in [9.17, 15) is 13.2 Å². The van der Waals surface area contributed by atoms with Gasteiger partial charge >= 0.3 is 0 Å². The molecule has 0 bridgehead atoms. The number of sulfonamides is 1. The van der Waals surface area contributed by atoms with E-state index >= 15 is 0 Å². The van der Waals surface area contributed by atoms with Crippen molar-refractivity contribution in [1.29, 1.82) is 0 Å². The van der Waals surface area contributed by atoms with E-state index in [2.05, 4.69) is 20.9 Å². The van der Waals surface area contributed by atoms with E-state index in [1.165, 1.54) is 11.1 Å². The lowest BCUT2D eigenvalue weighted by Gasteiger charge is -2.15. The first-order chi connectivity index (χ1) is 11.7. The van der Waals surface area contributed by atoms with Crippen molar-refractivity contribution in [1.82, 2.24) is 19.5 Å². The third-order valence-electron chi connectivity index (χ3n) is 4.14. The largest absolute Gasteiger partial charge is 0.369 e. The summed E-state index contributed by atoms with van der Waals surface area (Å²) in [6.07, 6.45) is 4.01. The lowest BCUT2D eigenvalue weighted by molar-refractivity contribution is -0.117. The molecule has 2 aromatic rings. The van der Waals surface area contributed by atoms with Crippen LogP contribution in [0.1, 0.15) is 42.2 Å². The minimum absolute atomic E-state index is 0.0966. The molecule has 1 aromatic carbocycles. The topological polar surface area (TPSA) is 120 Å². The summed E-state index contributed by atoms with van der Waals surface area (Å²) < 4.78 is 27.3. The average molecular weight is 363 g/mol. The third kappa shape index (κ3) is 3.88. The molecule has 1 aromatic heterocycles. The van der Waals surface area contributed by atoms with E-state index in [0.29, 0.717) is 5.82 Å². The van der Waals surface area contributed by atoms with Gasteiger partial charge in [-0.3, -0.25) is 4.79 Å². The van der Waals surface area contributed by atoms with Crippen LogP contribution in [0.5, 0.6) is 0 Å². The first-order valence-corrected chi connectivity index (χ1v) is 9.96. The van der Waals surface area contributed by atoms with Gasteiger partial charge in [0.15, 0.2) is 5.82 Å². The van der Waals surface area contributed by atoms with E-state index in [-0.39, 0.29) is 12.2 Å². The fraction of sp³-hybridized carbons (Fsp3) is 0.438. The normalized spacial score (nSPS) is 15.1. The van der Waals surface area contributed by atoms with Gasteiger partial charge in [-0.2, -0.15) is 5.10 Å². The van der Waals surface area contributed by atoms with Gasteiger partial charge < -0.3 is 5.73 Å². The Labute approximate surface area is 146 Å². The highest BCUT2D eigenvalue weighted by Gasteiger charge is 2.24. The number of amides is 1. The van der Waals surface area contributed by atoms with E-state index in [0.717, 1.165) is 31.2 Å². The van der Waals surface area contributed by atoms with Gasteiger partial charge in [-0.15, -0.1) is 0 Å². The molecule has 0 saturated heterocycles. The third-order valence-corrected chi connectivity index (χ3v) is 4.92. The zero-order valence-electron chi connectivity index (χ0n) is 14.2. The molecule has 0 aliphatic heterocycles. The number of carbonyl (C=O) groups is 1. The zero-order valence-corrected chi connectivity index (χ0v) is 15.0. The number of primary amides is 1. The molecule has 1 aliphatic rings. The molecule has 25 heavy (non-hydrogen) atoms. The minimum Gasteiger partial charge on any atom is -0.369 e. The Hall–Kier alpha value is -2.26. The molecule has 1 aliphatic carbocycles. The predicted octanol–water partition coefficient (Wildman–Crippen LogP) is 0.394. The zero-order chi connectivity index (χ0) is 18.2. The van der Waals surface area contributed by atoms with Crippen molar-refractivity contribution in [2.45, 2.75) is 38.6 Å². The summed E-state index contributed by atoms with van der Waals surface area (Å²) in [6.45, 7) is 1.69. The van der Waals surface area contributed by atoms with Crippen LogP contribution in [0.3, 0.4) is 0 Å². The van der Waals surface area contributed by atoms with E-state index in [1.807, 2.05) is 12.1 Å². The van der Waals surface area contributed by atoms with Crippen molar-refractivity contribution in [3.63, 3.8) is 0 Å². The van der Waals surface area contributed by atoms with Crippen molar-refractivity contribution in [2.24, 2.45) is 5.73 Å².